The topological polar surface area (TPSA) is 104 Å². The van der Waals surface area contributed by atoms with Crippen LogP contribution in [0.2, 0.25) is 0 Å². The molecule has 0 spiro atoms. The number of aromatic hydroxyl groups is 1. The highest BCUT2D eigenvalue weighted by molar-refractivity contribution is 7.19. The van der Waals surface area contributed by atoms with Crippen molar-refractivity contribution in [1.29, 1.82) is 0 Å². The highest BCUT2D eigenvalue weighted by atomic mass is 32.1. The molecule has 0 aliphatic carbocycles. The second-order valence-electron chi connectivity index (χ2n) is 11.2. The lowest BCUT2D eigenvalue weighted by Crippen LogP contribution is -2.47. The molecular weight excluding hydrogens is 665 g/mol. The van der Waals surface area contributed by atoms with Gasteiger partial charge in [0.1, 0.15) is 44.5 Å². The molecule has 13 heteroatoms. The molecule has 3 aromatic carbocycles. The Morgan fingerprint density at radius 2 is 1.81 bits per heavy atom. The molecule has 1 N–H and O–H groups in total. The van der Waals surface area contributed by atoms with E-state index in [1.165, 1.54) is 27.6 Å². The van der Waals surface area contributed by atoms with Crippen LogP contribution in [-0.2, 0) is 0 Å². The molecule has 1 unspecified atom stereocenters. The standard InChI is InChI=1S/C34H20N8OS4/c43-25-3-1-2-18-6-9-29(37-31(18)25)42-30(41-11-10-26-21(16-41)15-36-46-26)14-22(19-4-7-27-23(12-19)35-17-44-27)32-34(42)45-33(38-32)20-5-8-28-24(13-20)39-40-47-28/h1-10,12-17,30,43H,11H2. The third-order valence-electron chi connectivity index (χ3n) is 8.49. The minimum atomic E-state index is -0.262. The Morgan fingerprint density at radius 1 is 0.894 bits per heavy atom. The second kappa shape index (κ2) is 10.5. The maximum absolute atomic E-state index is 10.8. The predicted molar refractivity (Wildman–Crippen MR) is 192 cm³/mol. The molecule has 7 heterocycles. The summed E-state index contributed by atoms with van der Waals surface area (Å²) in [6.45, 7) is 0.693. The van der Waals surface area contributed by atoms with E-state index in [0.29, 0.717) is 17.9 Å². The first-order valence-electron chi connectivity index (χ1n) is 14.7. The summed E-state index contributed by atoms with van der Waals surface area (Å²) < 4.78 is 11.9. The minimum absolute atomic E-state index is 0.146. The first-order valence-corrected chi connectivity index (χ1v) is 18.0. The van der Waals surface area contributed by atoms with Gasteiger partial charge in [-0.15, -0.1) is 16.4 Å². The number of anilines is 2. The number of hydrogen-bond acceptors (Lipinski definition) is 13. The Bertz CT molecular complexity index is 2690. The minimum Gasteiger partial charge on any atom is -0.506 e. The number of phenols is 1. The van der Waals surface area contributed by atoms with Crippen LogP contribution >= 0.6 is 45.7 Å². The fourth-order valence-electron chi connectivity index (χ4n) is 6.22. The summed E-state index contributed by atoms with van der Waals surface area (Å²) in [6, 6.07) is 22.2. The molecule has 0 fully saturated rings. The number of pyridine rings is 1. The van der Waals surface area contributed by atoms with E-state index in [1.54, 1.807) is 28.7 Å². The quantitative estimate of drug-likeness (QED) is 0.220. The van der Waals surface area contributed by atoms with E-state index in [2.05, 4.69) is 83.5 Å². The van der Waals surface area contributed by atoms with Gasteiger partial charge in [0.2, 0.25) is 0 Å². The zero-order valence-corrected chi connectivity index (χ0v) is 27.4. The normalized spacial score (nSPS) is 15.8. The summed E-state index contributed by atoms with van der Waals surface area (Å²) in [5, 5.41) is 18.9. The lowest BCUT2D eigenvalue weighted by atomic mass is 9.97. The van der Waals surface area contributed by atoms with E-state index >= 15 is 0 Å². The first-order chi connectivity index (χ1) is 23.2. The van der Waals surface area contributed by atoms with Crippen molar-refractivity contribution < 1.29 is 5.11 Å². The molecule has 0 amide bonds. The Hall–Kier alpha value is -5.08. The van der Waals surface area contributed by atoms with Crippen molar-refractivity contribution in [2.45, 2.75) is 6.17 Å². The Morgan fingerprint density at radius 3 is 2.79 bits per heavy atom. The fraction of sp³-hybridized carbons (Fsp3) is 0.0588. The lowest BCUT2D eigenvalue weighted by molar-refractivity contribution is 0.391. The van der Waals surface area contributed by atoms with Crippen molar-refractivity contribution in [2.75, 3.05) is 11.4 Å². The summed E-state index contributed by atoms with van der Waals surface area (Å²) >= 11 is 6.15. The molecule has 47 heavy (non-hydrogen) atoms. The van der Waals surface area contributed by atoms with Gasteiger partial charge in [-0.05, 0) is 83.2 Å². The van der Waals surface area contributed by atoms with Crippen LogP contribution in [0.1, 0.15) is 11.3 Å². The molecule has 5 aromatic heterocycles. The van der Waals surface area contributed by atoms with Crippen molar-refractivity contribution in [3.05, 3.63) is 106 Å². The third-order valence-corrected chi connectivity index (χ3v) is 11.9. The van der Waals surface area contributed by atoms with Gasteiger partial charge in [-0.3, -0.25) is 4.90 Å². The summed E-state index contributed by atoms with van der Waals surface area (Å²) in [5.74, 6) is 0.862. The Balaban J connectivity index is 1.23. The number of hydrogen-bond donors (Lipinski definition) is 1. The highest BCUT2D eigenvalue weighted by Crippen LogP contribution is 2.48. The van der Waals surface area contributed by atoms with Gasteiger partial charge in [-0.2, -0.15) is 4.37 Å². The van der Waals surface area contributed by atoms with Gasteiger partial charge in [0.15, 0.2) is 0 Å². The molecule has 2 aliphatic heterocycles. The molecule has 2 aliphatic rings. The fourth-order valence-corrected chi connectivity index (χ4v) is 9.18. The van der Waals surface area contributed by atoms with E-state index in [-0.39, 0.29) is 11.9 Å². The zero-order valence-electron chi connectivity index (χ0n) is 24.2. The predicted octanol–water partition coefficient (Wildman–Crippen LogP) is 6.58. The number of thiazole rings is 2. The Labute approximate surface area is 282 Å². The first kappa shape index (κ1) is 27.1. The molecule has 226 valence electrons. The molecule has 1 atom stereocenters. The second-order valence-corrected chi connectivity index (χ2v) is 14.7. The molecule has 0 saturated heterocycles. The molecule has 8 aromatic rings. The van der Waals surface area contributed by atoms with Crippen molar-refractivity contribution in [3.63, 3.8) is 0 Å². The Kier molecular flexibility index (Phi) is 6.03. The van der Waals surface area contributed by atoms with Gasteiger partial charge in [0.05, 0.1) is 25.0 Å². The summed E-state index contributed by atoms with van der Waals surface area (Å²) in [7, 11) is 0. The van der Waals surface area contributed by atoms with Crippen LogP contribution in [0.25, 0.3) is 59.8 Å². The number of para-hydroxylation sites is 1. The molecule has 9 nitrogen and oxygen atoms in total. The number of rotatable bonds is 4. The van der Waals surface area contributed by atoms with E-state index < -0.39 is 0 Å². The van der Waals surface area contributed by atoms with Gasteiger partial charge in [0.25, 0.3) is 0 Å². The van der Waals surface area contributed by atoms with Crippen molar-refractivity contribution in [3.8, 4) is 16.3 Å². The van der Waals surface area contributed by atoms with Gasteiger partial charge in [-0.1, -0.05) is 40.1 Å². The summed E-state index contributed by atoms with van der Waals surface area (Å²) in [6.07, 6.45) is 8.34. The number of phenolic OH excluding ortho intramolecular Hbond substituents is 1. The van der Waals surface area contributed by atoms with Crippen LogP contribution in [-0.4, -0.2) is 51.6 Å². The number of fused-ring (bicyclic) bond motifs is 5. The van der Waals surface area contributed by atoms with Gasteiger partial charge in [-0.25, -0.2) is 15.0 Å². The van der Waals surface area contributed by atoms with Gasteiger partial charge < -0.3 is 10.0 Å². The maximum Gasteiger partial charge on any atom is 0.141 e. The third kappa shape index (κ3) is 4.38. The van der Waals surface area contributed by atoms with Gasteiger partial charge in [0, 0.05) is 40.7 Å². The average Bonchev–Trinajstić information content (AvgIpc) is 3.93. The van der Waals surface area contributed by atoms with Crippen molar-refractivity contribution in [1.82, 2.24) is 33.8 Å². The number of aromatic nitrogens is 6. The molecular formula is C34H20N8OS4. The molecule has 0 bridgehead atoms. The summed E-state index contributed by atoms with van der Waals surface area (Å²) in [5.41, 5.74) is 8.18. The largest absolute Gasteiger partial charge is 0.506 e. The smallest absolute Gasteiger partial charge is 0.141 e. The van der Waals surface area contributed by atoms with E-state index in [1.807, 2.05) is 36.0 Å². The van der Waals surface area contributed by atoms with E-state index in [0.717, 1.165) is 63.4 Å². The van der Waals surface area contributed by atoms with Crippen molar-refractivity contribution in [2.24, 2.45) is 0 Å². The average molecular weight is 685 g/mol. The van der Waals surface area contributed by atoms with E-state index in [9.17, 15) is 5.11 Å². The number of nitrogens with zero attached hydrogens (tertiary/aromatic N) is 8. The maximum atomic E-state index is 10.8. The monoisotopic (exact) mass is 684 g/mol. The summed E-state index contributed by atoms with van der Waals surface area (Å²) in [4.78, 5) is 19.6. The SMILES string of the molecule is Oc1cccc2ccc(N3c4sc(-c5ccc6snnc6c5)nc4C(c4ccc5scnc5c4)=CC3N3C=c4cnsc4=CC3)nc12. The zero-order chi connectivity index (χ0) is 31.1. The van der Waals surface area contributed by atoms with Crippen LogP contribution in [0, 0.1) is 0 Å². The highest BCUT2D eigenvalue weighted by Gasteiger charge is 2.36. The molecule has 0 radical (unpaired) electrons. The van der Waals surface area contributed by atoms with Crippen molar-refractivity contribution >= 4 is 106 Å². The lowest BCUT2D eigenvalue weighted by Gasteiger charge is -2.40. The van der Waals surface area contributed by atoms with Gasteiger partial charge >= 0.3 is 0 Å². The van der Waals surface area contributed by atoms with Crippen LogP contribution in [0.4, 0.5) is 10.8 Å². The molecule has 0 saturated carbocycles. The van der Waals surface area contributed by atoms with E-state index in [4.69, 9.17) is 9.97 Å². The van der Waals surface area contributed by atoms with Crippen LogP contribution in [0.3, 0.4) is 0 Å². The molecule has 10 rings (SSSR count). The van der Waals surface area contributed by atoms with Crippen LogP contribution in [0.5, 0.6) is 5.75 Å². The van der Waals surface area contributed by atoms with Crippen LogP contribution in [0.15, 0.2) is 84.5 Å². The van der Waals surface area contributed by atoms with Crippen LogP contribution < -0.4 is 14.7 Å². The number of benzene rings is 3.